The van der Waals surface area contributed by atoms with Crippen molar-refractivity contribution in [2.45, 2.75) is 38.8 Å². The van der Waals surface area contributed by atoms with Crippen LogP contribution in [-0.2, 0) is 9.59 Å². The molecule has 0 bridgehead atoms. The highest BCUT2D eigenvalue weighted by molar-refractivity contribution is 5.81. The number of benzene rings is 1. The molecule has 0 spiro atoms. The summed E-state index contributed by atoms with van der Waals surface area (Å²) in [5, 5.41) is 11.3. The average molecular weight is 283 g/mol. The van der Waals surface area contributed by atoms with Gasteiger partial charge in [0.15, 0.2) is 17.7 Å². The summed E-state index contributed by atoms with van der Waals surface area (Å²) >= 11 is 0. The highest BCUT2D eigenvalue weighted by atomic mass is 19.1. The maximum absolute atomic E-state index is 13.4. The molecule has 0 radical (unpaired) electrons. The van der Waals surface area contributed by atoms with Gasteiger partial charge in [0.1, 0.15) is 0 Å². The lowest BCUT2D eigenvalue weighted by Gasteiger charge is -2.19. The number of carbonyl (C=O) groups excluding carboxylic acids is 1. The molecule has 1 aromatic rings. The topological polar surface area (TPSA) is 75.6 Å². The van der Waals surface area contributed by atoms with Crippen LogP contribution < -0.4 is 10.1 Å². The van der Waals surface area contributed by atoms with Crippen LogP contribution in [0.4, 0.5) is 4.39 Å². The molecule has 0 heterocycles. The highest BCUT2D eigenvalue weighted by Gasteiger charge is 2.20. The average Bonchev–Trinajstić information content (AvgIpc) is 2.39. The first-order chi connectivity index (χ1) is 9.43. The van der Waals surface area contributed by atoms with E-state index in [0.717, 1.165) is 0 Å². The lowest BCUT2D eigenvalue weighted by Crippen LogP contribution is -2.43. The molecule has 2 unspecified atom stereocenters. The third-order valence-corrected chi connectivity index (χ3v) is 2.77. The Labute approximate surface area is 116 Å². The Morgan fingerprint density at radius 1 is 1.40 bits per heavy atom. The zero-order chi connectivity index (χ0) is 15.1. The number of carboxylic acids is 1. The van der Waals surface area contributed by atoms with Crippen LogP contribution in [0, 0.1) is 5.82 Å². The van der Waals surface area contributed by atoms with E-state index < -0.39 is 29.8 Å². The summed E-state index contributed by atoms with van der Waals surface area (Å²) in [5.74, 6) is -2.02. The molecule has 5 nitrogen and oxygen atoms in total. The van der Waals surface area contributed by atoms with Gasteiger partial charge in [-0.25, -0.2) is 4.39 Å². The lowest BCUT2D eigenvalue weighted by atomic mass is 10.1. The van der Waals surface area contributed by atoms with Gasteiger partial charge in [-0.05, 0) is 25.5 Å². The number of carbonyl (C=O) groups is 2. The van der Waals surface area contributed by atoms with Crippen LogP contribution in [0.5, 0.6) is 5.75 Å². The number of halogens is 1. The van der Waals surface area contributed by atoms with E-state index in [0.29, 0.717) is 6.42 Å². The fourth-order valence-electron chi connectivity index (χ4n) is 1.61. The molecule has 1 aromatic carbocycles. The van der Waals surface area contributed by atoms with Crippen molar-refractivity contribution in [1.29, 1.82) is 0 Å². The van der Waals surface area contributed by atoms with Gasteiger partial charge in [-0.3, -0.25) is 9.59 Å². The monoisotopic (exact) mass is 283 g/mol. The quantitative estimate of drug-likeness (QED) is 0.802. The van der Waals surface area contributed by atoms with Crippen LogP contribution in [0.1, 0.15) is 26.7 Å². The van der Waals surface area contributed by atoms with E-state index in [2.05, 4.69) is 5.32 Å². The van der Waals surface area contributed by atoms with Crippen molar-refractivity contribution in [1.82, 2.24) is 5.32 Å². The smallest absolute Gasteiger partial charge is 0.305 e. The highest BCUT2D eigenvalue weighted by Crippen LogP contribution is 2.17. The number of hydrogen-bond acceptors (Lipinski definition) is 3. The molecule has 0 aliphatic carbocycles. The Morgan fingerprint density at radius 2 is 2.05 bits per heavy atom. The summed E-state index contributed by atoms with van der Waals surface area (Å²) in [6, 6.07) is 5.31. The molecule has 20 heavy (non-hydrogen) atoms. The van der Waals surface area contributed by atoms with Gasteiger partial charge in [0.25, 0.3) is 5.91 Å². The number of amides is 1. The van der Waals surface area contributed by atoms with Crippen molar-refractivity contribution in [2.24, 2.45) is 0 Å². The van der Waals surface area contributed by atoms with Crippen molar-refractivity contribution >= 4 is 11.9 Å². The second-order valence-corrected chi connectivity index (χ2v) is 4.40. The maximum atomic E-state index is 13.4. The number of rotatable bonds is 7. The zero-order valence-corrected chi connectivity index (χ0v) is 11.4. The third kappa shape index (κ3) is 4.87. The maximum Gasteiger partial charge on any atom is 0.305 e. The van der Waals surface area contributed by atoms with Crippen LogP contribution in [0.15, 0.2) is 24.3 Å². The fourth-order valence-corrected chi connectivity index (χ4v) is 1.61. The van der Waals surface area contributed by atoms with E-state index in [-0.39, 0.29) is 12.2 Å². The van der Waals surface area contributed by atoms with Gasteiger partial charge in [0.05, 0.1) is 6.42 Å². The number of nitrogens with one attached hydrogen (secondary N) is 1. The minimum atomic E-state index is -0.986. The molecule has 1 rings (SSSR count). The summed E-state index contributed by atoms with van der Waals surface area (Å²) < 4.78 is 18.6. The van der Waals surface area contributed by atoms with Gasteiger partial charge in [0, 0.05) is 6.04 Å². The molecule has 2 N–H and O–H groups in total. The molecule has 1 amide bonds. The van der Waals surface area contributed by atoms with E-state index in [4.69, 9.17) is 9.84 Å². The van der Waals surface area contributed by atoms with Gasteiger partial charge in [-0.2, -0.15) is 0 Å². The van der Waals surface area contributed by atoms with E-state index >= 15 is 0 Å². The standard InChI is InChI=1S/C14H18FNO4/c1-3-10(8-13(17)18)16-14(19)9(2)20-12-7-5-4-6-11(12)15/h4-7,9-10H,3,8H2,1-2H3,(H,16,19)(H,17,18). The van der Waals surface area contributed by atoms with Crippen LogP contribution >= 0.6 is 0 Å². The van der Waals surface area contributed by atoms with Gasteiger partial charge >= 0.3 is 5.97 Å². The van der Waals surface area contributed by atoms with E-state index in [1.54, 1.807) is 13.0 Å². The number of para-hydroxylation sites is 1. The molecule has 0 saturated carbocycles. The minimum absolute atomic E-state index is 0.0126. The Morgan fingerprint density at radius 3 is 2.60 bits per heavy atom. The van der Waals surface area contributed by atoms with Crippen molar-refractivity contribution < 1.29 is 23.8 Å². The number of carboxylic acid groups (broad SMARTS) is 1. The predicted octanol–water partition coefficient (Wildman–Crippen LogP) is 1.96. The minimum Gasteiger partial charge on any atom is -0.481 e. The van der Waals surface area contributed by atoms with Gasteiger partial charge in [0.2, 0.25) is 0 Å². The molecule has 2 atom stereocenters. The van der Waals surface area contributed by atoms with Crippen LogP contribution in [0.2, 0.25) is 0 Å². The summed E-state index contributed by atoms with van der Waals surface area (Å²) in [6.45, 7) is 3.26. The zero-order valence-electron chi connectivity index (χ0n) is 11.4. The van der Waals surface area contributed by atoms with E-state index in [1.807, 2.05) is 0 Å². The Hall–Kier alpha value is -2.11. The molecule has 0 fully saturated rings. The number of aliphatic carboxylic acids is 1. The van der Waals surface area contributed by atoms with Gasteiger partial charge in [-0.15, -0.1) is 0 Å². The first-order valence-corrected chi connectivity index (χ1v) is 6.37. The van der Waals surface area contributed by atoms with E-state index in [1.165, 1.54) is 25.1 Å². The fraction of sp³-hybridized carbons (Fsp3) is 0.429. The lowest BCUT2D eigenvalue weighted by molar-refractivity contribution is -0.138. The van der Waals surface area contributed by atoms with Crippen LogP contribution in [0.25, 0.3) is 0 Å². The second-order valence-electron chi connectivity index (χ2n) is 4.40. The van der Waals surface area contributed by atoms with Crippen molar-refractivity contribution in [3.63, 3.8) is 0 Å². The summed E-state index contributed by atoms with van der Waals surface area (Å²) in [7, 11) is 0. The van der Waals surface area contributed by atoms with Gasteiger partial charge < -0.3 is 15.2 Å². The molecule has 0 saturated heterocycles. The summed E-state index contributed by atoms with van der Waals surface area (Å²) in [4.78, 5) is 22.5. The third-order valence-electron chi connectivity index (χ3n) is 2.77. The Kier molecular flexibility index (Phi) is 5.96. The summed E-state index contributed by atoms with van der Waals surface area (Å²) in [6.07, 6.45) is -0.575. The number of hydrogen-bond donors (Lipinski definition) is 2. The van der Waals surface area contributed by atoms with Gasteiger partial charge in [-0.1, -0.05) is 19.1 Å². The van der Waals surface area contributed by atoms with Crippen LogP contribution in [-0.4, -0.2) is 29.1 Å². The molecule has 6 heteroatoms. The molecule has 0 aliphatic heterocycles. The predicted molar refractivity (Wildman–Crippen MR) is 71.0 cm³/mol. The SMILES string of the molecule is CCC(CC(=O)O)NC(=O)C(C)Oc1ccccc1F. The van der Waals surface area contributed by atoms with Crippen molar-refractivity contribution in [2.75, 3.05) is 0 Å². The first-order valence-electron chi connectivity index (χ1n) is 6.37. The first kappa shape index (κ1) is 15.9. The normalized spacial score (nSPS) is 13.3. The molecule has 0 aliphatic rings. The van der Waals surface area contributed by atoms with Crippen molar-refractivity contribution in [3.05, 3.63) is 30.1 Å². The van der Waals surface area contributed by atoms with Crippen molar-refractivity contribution in [3.8, 4) is 5.75 Å². The molecule has 110 valence electrons. The molecule has 0 aromatic heterocycles. The summed E-state index contributed by atoms with van der Waals surface area (Å²) in [5.41, 5.74) is 0. The number of ether oxygens (including phenoxy) is 1. The molecular weight excluding hydrogens is 265 g/mol. The second kappa shape index (κ2) is 7.47. The molecular formula is C14H18FNO4. The Bertz CT molecular complexity index is 478. The largest absolute Gasteiger partial charge is 0.481 e. The van der Waals surface area contributed by atoms with E-state index in [9.17, 15) is 14.0 Å². The Balaban J connectivity index is 2.58. The van der Waals surface area contributed by atoms with Crippen LogP contribution in [0.3, 0.4) is 0 Å².